The largest absolute Gasteiger partial charge is 0.420 e. The van der Waals surface area contributed by atoms with Crippen molar-refractivity contribution in [2.24, 2.45) is 5.73 Å². The van der Waals surface area contributed by atoms with E-state index in [1.807, 2.05) is 54.6 Å². The molecule has 4 rings (SSSR count). The number of nitriles is 1. The van der Waals surface area contributed by atoms with Gasteiger partial charge in [0, 0.05) is 4.47 Å². The molecule has 0 bridgehead atoms. The molecule has 1 atom stereocenters. The number of nitrogens with one attached hydrogen (secondary N) is 1. The number of aromatic amines is 1. The molecule has 0 radical (unpaired) electrons. The van der Waals surface area contributed by atoms with Crippen LogP contribution in [0.15, 0.2) is 70.5 Å². The summed E-state index contributed by atoms with van der Waals surface area (Å²) in [5.41, 5.74) is 9.90. The smallest absolute Gasteiger partial charge is 0.244 e. The molecule has 1 aliphatic rings. The Morgan fingerprint density at radius 2 is 1.84 bits per heavy atom. The topological polar surface area (TPSA) is 87.7 Å². The monoisotopic (exact) mass is 392 g/mol. The number of nitrogens with zero attached hydrogens (tertiary/aromatic N) is 2. The van der Waals surface area contributed by atoms with Crippen LogP contribution in [-0.2, 0) is 0 Å². The van der Waals surface area contributed by atoms with E-state index in [9.17, 15) is 5.26 Å². The summed E-state index contributed by atoms with van der Waals surface area (Å²) in [6.07, 6.45) is 0. The number of hydrogen-bond donors (Lipinski definition) is 2. The van der Waals surface area contributed by atoms with Crippen molar-refractivity contribution in [1.82, 2.24) is 10.2 Å². The molecule has 1 aromatic heterocycles. The fraction of sp³-hybridized carbons (Fsp3) is 0.0526. The molecule has 0 saturated carbocycles. The van der Waals surface area contributed by atoms with E-state index in [2.05, 4.69) is 32.2 Å². The molecule has 6 heteroatoms. The number of aromatic nitrogens is 2. The lowest BCUT2D eigenvalue weighted by Crippen LogP contribution is -2.21. The molecule has 1 aliphatic heterocycles. The lowest BCUT2D eigenvalue weighted by atomic mass is 9.83. The van der Waals surface area contributed by atoms with Crippen molar-refractivity contribution in [2.75, 3.05) is 0 Å². The first kappa shape index (κ1) is 15.5. The number of fused-ring (bicyclic) bond motifs is 1. The van der Waals surface area contributed by atoms with E-state index in [4.69, 9.17) is 10.5 Å². The minimum absolute atomic E-state index is 0.0851. The SMILES string of the molecule is N#CC1=C(N)Oc2n[nH]c(-c3ccccc3)c2[C@@H]1c1ccccc1Br. The molecule has 2 aromatic carbocycles. The first-order valence-corrected chi connectivity index (χ1v) is 8.45. The number of halogens is 1. The molecular formula is C19H13BrN4O. The van der Waals surface area contributed by atoms with Crippen LogP contribution in [0.4, 0.5) is 0 Å². The summed E-state index contributed by atoms with van der Waals surface area (Å²) in [6.45, 7) is 0. The molecule has 2 heterocycles. The highest BCUT2D eigenvalue weighted by Gasteiger charge is 2.36. The maximum absolute atomic E-state index is 9.69. The minimum atomic E-state index is -0.363. The Kier molecular flexibility index (Phi) is 3.79. The van der Waals surface area contributed by atoms with Gasteiger partial charge in [0.05, 0.1) is 17.2 Å². The third-order valence-electron chi connectivity index (χ3n) is 4.22. The zero-order valence-corrected chi connectivity index (χ0v) is 14.6. The third kappa shape index (κ3) is 2.49. The second kappa shape index (κ2) is 6.11. The zero-order chi connectivity index (χ0) is 17.4. The predicted octanol–water partition coefficient (Wildman–Crippen LogP) is 4.06. The first-order chi connectivity index (χ1) is 12.2. The van der Waals surface area contributed by atoms with Gasteiger partial charge in [-0.3, -0.25) is 5.10 Å². The minimum Gasteiger partial charge on any atom is -0.420 e. The molecule has 3 N–H and O–H groups in total. The fourth-order valence-corrected chi connectivity index (χ4v) is 3.60. The normalized spacial score (nSPS) is 16.1. The highest BCUT2D eigenvalue weighted by Crippen LogP contribution is 2.47. The van der Waals surface area contributed by atoms with Crippen molar-refractivity contribution < 1.29 is 4.74 Å². The van der Waals surface area contributed by atoms with Crippen LogP contribution in [0, 0.1) is 11.3 Å². The maximum atomic E-state index is 9.69. The molecule has 0 unspecified atom stereocenters. The van der Waals surface area contributed by atoms with Crippen molar-refractivity contribution in [3.05, 3.63) is 81.7 Å². The van der Waals surface area contributed by atoms with Crippen molar-refractivity contribution in [2.45, 2.75) is 5.92 Å². The Morgan fingerprint density at radius 3 is 2.56 bits per heavy atom. The molecule has 0 fully saturated rings. The number of nitrogens with two attached hydrogens (primary N) is 1. The van der Waals surface area contributed by atoms with Gasteiger partial charge < -0.3 is 10.5 Å². The van der Waals surface area contributed by atoms with E-state index in [1.54, 1.807) is 0 Å². The van der Waals surface area contributed by atoms with Gasteiger partial charge in [-0.1, -0.05) is 64.5 Å². The van der Waals surface area contributed by atoms with Crippen LogP contribution in [-0.4, -0.2) is 10.2 Å². The van der Waals surface area contributed by atoms with Gasteiger partial charge in [0.2, 0.25) is 11.8 Å². The van der Waals surface area contributed by atoms with Gasteiger partial charge in [0.25, 0.3) is 0 Å². The number of ether oxygens (including phenoxy) is 1. The van der Waals surface area contributed by atoms with Crippen LogP contribution in [0.3, 0.4) is 0 Å². The number of rotatable bonds is 2. The molecular weight excluding hydrogens is 380 g/mol. The number of hydrogen-bond acceptors (Lipinski definition) is 4. The van der Waals surface area contributed by atoms with Gasteiger partial charge in [-0.15, -0.1) is 5.10 Å². The van der Waals surface area contributed by atoms with Crippen LogP contribution >= 0.6 is 15.9 Å². The molecule has 0 amide bonds. The lowest BCUT2D eigenvalue weighted by molar-refractivity contribution is 0.379. The van der Waals surface area contributed by atoms with Gasteiger partial charge >= 0.3 is 0 Å². The summed E-state index contributed by atoms with van der Waals surface area (Å²) in [6, 6.07) is 19.8. The van der Waals surface area contributed by atoms with Gasteiger partial charge in [-0.25, -0.2) is 0 Å². The van der Waals surface area contributed by atoms with Gasteiger partial charge in [-0.05, 0) is 17.2 Å². The standard InChI is InChI=1S/C19H13BrN4O/c20-14-9-5-4-8-12(14)15-13(10-21)18(22)25-19-16(15)17(23-24-19)11-6-2-1-3-7-11/h1-9,15H,22H2,(H,23,24)/t15-/m1/s1. The average molecular weight is 393 g/mol. The second-order valence-electron chi connectivity index (χ2n) is 5.63. The van der Waals surface area contributed by atoms with E-state index in [0.29, 0.717) is 11.5 Å². The summed E-state index contributed by atoms with van der Waals surface area (Å²) in [4.78, 5) is 0. The van der Waals surface area contributed by atoms with Gasteiger partial charge in [0.1, 0.15) is 11.6 Å². The summed E-state index contributed by atoms with van der Waals surface area (Å²) < 4.78 is 6.50. The summed E-state index contributed by atoms with van der Waals surface area (Å²) in [7, 11) is 0. The van der Waals surface area contributed by atoms with E-state index < -0.39 is 0 Å². The highest BCUT2D eigenvalue weighted by molar-refractivity contribution is 9.10. The third-order valence-corrected chi connectivity index (χ3v) is 4.94. The number of benzene rings is 2. The van der Waals surface area contributed by atoms with E-state index in [-0.39, 0.29) is 11.8 Å². The van der Waals surface area contributed by atoms with Crippen LogP contribution in [0.2, 0.25) is 0 Å². The van der Waals surface area contributed by atoms with E-state index in [0.717, 1.165) is 26.9 Å². The summed E-state index contributed by atoms with van der Waals surface area (Å²) >= 11 is 3.59. The number of allylic oxidation sites excluding steroid dienone is 1. The molecule has 25 heavy (non-hydrogen) atoms. The molecule has 0 saturated heterocycles. The summed E-state index contributed by atoms with van der Waals surface area (Å²) in [5.74, 6) is 0.122. The Morgan fingerprint density at radius 1 is 1.12 bits per heavy atom. The van der Waals surface area contributed by atoms with E-state index in [1.165, 1.54) is 0 Å². The van der Waals surface area contributed by atoms with Crippen molar-refractivity contribution in [3.63, 3.8) is 0 Å². The fourth-order valence-electron chi connectivity index (χ4n) is 3.09. The highest BCUT2D eigenvalue weighted by atomic mass is 79.9. The van der Waals surface area contributed by atoms with Crippen molar-refractivity contribution in [1.29, 1.82) is 5.26 Å². The lowest BCUT2D eigenvalue weighted by Gasteiger charge is -2.24. The molecule has 5 nitrogen and oxygen atoms in total. The number of H-pyrrole nitrogens is 1. The molecule has 122 valence electrons. The quantitative estimate of drug-likeness (QED) is 0.688. The van der Waals surface area contributed by atoms with E-state index >= 15 is 0 Å². The summed E-state index contributed by atoms with van der Waals surface area (Å²) in [5, 5.41) is 17.0. The molecule has 3 aromatic rings. The van der Waals surface area contributed by atoms with Crippen LogP contribution in [0.5, 0.6) is 5.88 Å². The van der Waals surface area contributed by atoms with Crippen molar-refractivity contribution >= 4 is 15.9 Å². The van der Waals surface area contributed by atoms with Crippen molar-refractivity contribution in [3.8, 4) is 23.2 Å². The van der Waals surface area contributed by atoms with Crippen LogP contribution in [0.25, 0.3) is 11.3 Å². The Labute approximate surface area is 152 Å². The van der Waals surface area contributed by atoms with Crippen LogP contribution < -0.4 is 10.5 Å². The Hall–Kier alpha value is -3.04. The average Bonchev–Trinajstić information content (AvgIpc) is 3.05. The molecule has 0 aliphatic carbocycles. The van der Waals surface area contributed by atoms with Crippen LogP contribution in [0.1, 0.15) is 17.0 Å². The maximum Gasteiger partial charge on any atom is 0.244 e. The predicted molar refractivity (Wildman–Crippen MR) is 97.5 cm³/mol. The Balaban J connectivity index is 1.99. The Bertz CT molecular complexity index is 1020. The second-order valence-corrected chi connectivity index (χ2v) is 6.48. The zero-order valence-electron chi connectivity index (χ0n) is 13.0. The van der Waals surface area contributed by atoms with Gasteiger partial charge in [-0.2, -0.15) is 5.26 Å². The molecule has 0 spiro atoms. The first-order valence-electron chi connectivity index (χ1n) is 7.66. The van der Waals surface area contributed by atoms with Gasteiger partial charge in [0.15, 0.2) is 0 Å².